The fourth-order valence-electron chi connectivity index (χ4n) is 3.52. The molecule has 1 atom stereocenters. The summed E-state index contributed by atoms with van der Waals surface area (Å²) in [6.07, 6.45) is 1.67. The van der Waals surface area contributed by atoms with E-state index >= 15 is 0 Å². The predicted molar refractivity (Wildman–Crippen MR) is 109 cm³/mol. The van der Waals surface area contributed by atoms with Crippen molar-refractivity contribution >= 4 is 21.7 Å². The molecule has 1 saturated heterocycles. The Hall–Kier alpha value is -2.38. The molecule has 2 aromatic rings. The zero-order chi connectivity index (χ0) is 20.1. The SMILES string of the molecule is CCOC(=O)c1ccc(S(=O)(=O)N2CCC[C@@H]2CN(C)c2ccccc2)cc1. The average molecular weight is 403 g/mol. The van der Waals surface area contributed by atoms with E-state index in [0.29, 0.717) is 18.7 Å². The maximum atomic E-state index is 13.2. The molecule has 6 nitrogen and oxygen atoms in total. The molecule has 28 heavy (non-hydrogen) atoms. The van der Waals surface area contributed by atoms with Crippen molar-refractivity contribution in [3.05, 3.63) is 60.2 Å². The lowest BCUT2D eigenvalue weighted by Crippen LogP contribution is -2.42. The lowest BCUT2D eigenvalue weighted by molar-refractivity contribution is 0.0526. The highest BCUT2D eigenvalue weighted by molar-refractivity contribution is 7.89. The molecule has 0 aliphatic carbocycles. The fourth-order valence-corrected chi connectivity index (χ4v) is 5.21. The molecular weight excluding hydrogens is 376 g/mol. The van der Waals surface area contributed by atoms with Crippen molar-refractivity contribution in [3.63, 3.8) is 0 Å². The minimum Gasteiger partial charge on any atom is -0.462 e. The van der Waals surface area contributed by atoms with Gasteiger partial charge in [0.15, 0.2) is 0 Å². The monoisotopic (exact) mass is 402 g/mol. The van der Waals surface area contributed by atoms with Crippen molar-refractivity contribution in [2.75, 3.05) is 31.6 Å². The summed E-state index contributed by atoms with van der Waals surface area (Å²) in [7, 11) is -1.64. The van der Waals surface area contributed by atoms with Gasteiger partial charge < -0.3 is 9.64 Å². The summed E-state index contributed by atoms with van der Waals surface area (Å²) in [6.45, 7) is 3.15. The molecule has 0 spiro atoms. The molecule has 0 radical (unpaired) electrons. The summed E-state index contributed by atoms with van der Waals surface area (Å²) < 4.78 is 32.9. The first-order valence-electron chi connectivity index (χ1n) is 9.48. The summed E-state index contributed by atoms with van der Waals surface area (Å²) >= 11 is 0. The second-order valence-corrected chi connectivity index (χ2v) is 8.76. The number of anilines is 1. The van der Waals surface area contributed by atoms with E-state index in [4.69, 9.17) is 4.74 Å². The minimum atomic E-state index is -3.62. The number of nitrogens with zero attached hydrogens (tertiary/aromatic N) is 2. The fraction of sp³-hybridized carbons (Fsp3) is 0.381. The highest BCUT2D eigenvalue weighted by atomic mass is 32.2. The smallest absolute Gasteiger partial charge is 0.338 e. The van der Waals surface area contributed by atoms with Gasteiger partial charge in [0, 0.05) is 31.9 Å². The van der Waals surface area contributed by atoms with E-state index < -0.39 is 16.0 Å². The molecule has 1 heterocycles. The van der Waals surface area contributed by atoms with Crippen molar-refractivity contribution in [2.24, 2.45) is 0 Å². The maximum Gasteiger partial charge on any atom is 0.338 e. The van der Waals surface area contributed by atoms with Crippen LogP contribution in [0, 0.1) is 0 Å². The Labute approximate surface area is 166 Å². The summed E-state index contributed by atoms with van der Waals surface area (Å²) in [5.74, 6) is -0.449. The number of likely N-dealkylation sites (N-methyl/N-ethyl adjacent to an activating group) is 1. The lowest BCUT2D eigenvalue weighted by Gasteiger charge is -2.29. The van der Waals surface area contributed by atoms with Gasteiger partial charge in [0.25, 0.3) is 0 Å². The number of carbonyl (C=O) groups is 1. The van der Waals surface area contributed by atoms with Crippen molar-refractivity contribution in [3.8, 4) is 0 Å². The van der Waals surface area contributed by atoms with Gasteiger partial charge in [0.05, 0.1) is 17.1 Å². The van der Waals surface area contributed by atoms with Gasteiger partial charge >= 0.3 is 5.97 Å². The van der Waals surface area contributed by atoms with Crippen LogP contribution in [0.3, 0.4) is 0 Å². The zero-order valence-corrected chi connectivity index (χ0v) is 17.1. The van der Waals surface area contributed by atoms with Gasteiger partial charge in [0.2, 0.25) is 10.0 Å². The van der Waals surface area contributed by atoms with Crippen molar-refractivity contribution in [2.45, 2.75) is 30.7 Å². The van der Waals surface area contributed by atoms with E-state index in [1.54, 1.807) is 11.2 Å². The predicted octanol–water partition coefficient (Wildman–Crippen LogP) is 3.15. The molecule has 0 aromatic heterocycles. The highest BCUT2D eigenvalue weighted by Gasteiger charge is 2.35. The van der Waals surface area contributed by atoms with E-state index in [-0.39, 0.29) is 17.5 Å². The van der Waals surface area contributed by atoms with Crippen LogP contribution in [0.4, 0.5) is 5.69 Å². The van der Waals surface area contributed by atoms with E-state index in [1.165, 1.54) is 24.3 Å². The number of benzene rings is 2. The van der Waals surface area contributed by atoms with Gasteiger partial charge in [-0.05, 0) is 56.2 Å². The number of ether oxygens (including phenoxy) is 1. The molecule has 2 aromatic carbocycles. The normalized spacial score (nSPS) is 17.4. The van der Waals surface area contributed by atoms with Crippen LogP contribution in [0.25, 0.3) is 0 Å². The molecule has 1 aliphatic heterocycles. The van der Waals surface area contributed by atoms with Gasteiger partial charge in [-0.15, -0.1) is 0 Å². The van der Waals surface area contributed by atoms with Crippen LogP contribution >= 0.6 is 0 Å². The van der Waals surface area contributed by atoms with Crippen molar-refractivity contribution in [1.29, 1.82) is 0 Å². The Balaban J connectivity index is 1.75. The maximum absolute atomic E-state index is 13.2. The van der Waals surface area contributed by atoms with Crippen LogP contribution in [-0.4, -0.2) is 51.5 Å². The molecule has 0 saturated carbocycles. The largest absolute Gasteiger partial charge is 0.462 e. The van der Waals surface area contributed by atoms with Crippen molar-refractivity contribution < 1.29 is 17.9 Å². The topological polar surface area (TPSA) is 66.9 Å². The highest BCUT2D eigenvalue weighted by Crippen LogP contribution is 2.27. The van der Waals surface area contributed by atoms with E-state index in [1.807, 2.05) is 37.4 Å². The summed E-state index contributed by atoms with van der Waals surface area (Å²) in [6, 6.07) is 15.8. The third-order valence-electron chi connectivity index (χ3n) is 4.98. The molecule has 0 unspecified atom stereocenters. The first-order valence-corrected chi connectivity index (χ1v) is 10.9. The quantitative estimate of drug-likeness (QED) is 0.666. The number of para-hydroxylation sites is 1. The summed E-state index contributed by atoms with van der Waals surface area (Å²) in [5.41, 5.74) is 1.41. The molecule has 0 bridgehead atoms. The number of esters is 1. The van der Waals surface area contributed by atoms with Crippen LogP contribution in [0.2, 0.25) is 0 Å². The summed E-state index contributed by atoms with van der Waals surface area (Å²) in [5, 5.41) is 0. The van der Waals surface area contributed by atoms with Crippen molar-refractivity contribution in [1.82, 2.24) is 4.31 Å². The van der Waals surface area contributed by atoms with Crippen LogP contribution in [0.5, 0.6) is 0 Å². The Kier molecular flexibility index (Phi) is 6.36. The van der Waals surface area contributed by atoms with E-state index in [2.05, 4.69) is 4.90 Å². The number of hydrogen-bond donors (Lipinski definition) is 0. The molecule has 3 rings (SSSR count). The second kappa shape index (κ2) is 8.75. The third kappa shape index (κ3) is 4.36. The van der Waals surface area contributed by atoms with E-state index in [9.17, 15) is 13.2 Å². The first kappa shape index (κ1) is 20.4. The number of carbonyl (C=O) groups excluding carboxylic acids is 1. The van der Waals surface area contributed by atoms with Gasteiger partial charge in [-0.2, -0.15) is 4.31 Å². The number of rotatable bonds is 7. The van der Waals surface area contributed by atoms with Crippen LogP contribution in [0.15, 0.2) is 59.5 Å². The van der Waals surface area contributed by atoms with E-state index in [0.717, 1.165) is 18.5 Å². The Morgan fingerprint density at radius 1 is 1.14 bits per heavy atom. The Morgan fingerprint density at radius 3 is 2.46 bits per heavy atom. The Morgan fingerprint density at radius 2 is 1.82 bits per heavy atom. The average Bonchev–Trinajstić information content (AvgIpc) is 3.18. The lowest BCUT2D eigenvalue weighted by atomic mass is 10.2. The minimum absolute atomic E-state index is 0.0834. The van der Waals surface area contributed by atoms with Gasteiger partial charge in [-0.3, -0.25) is 0 Å². The third-order valence-corrected chi connectivity index (χ3v) is 6.94. The van der Waals surface area contributed by atoms with Crippen LogP contribution < -0.4 is 4.90 Å². The molecule has 0 N–H and O–H groups in total. The molecule has 1 aliphatic rings. The first-order chi connectivity index (χ1) is 13.4. The van der Waals surface area contributed by atoms with Crippen LogP contribution in [-0.2, 0) is 14.8 Å². The molecular formula is C21H26N2O4S. The zero-order valence-electron chi connectivity index (χ0n) is 16.2. The molecule has 7 heteroatoms. The number of sulfonamides is 1. The second-order valence-electron chi connectivity index (χ2n) is 6.87. The van der Waals surface area contributed by atoms with Gasteiger partial charge in [-0.1, -0.05) is 18.2 Å². The Bertz CT molecular complexity index is 898. The summed E-state index contributed by atoms with van der Waals surface area (Å²) in [4.78, 5) is 14.1. The molecule has 1 fully saturated rings. The standard InChI is InChI=1S/C21H26N2O4S/c1-3-27-21(24)17-11-13-20(14-12-17)28(25,26)23-15-7-10-19(23)16-22(2)18-8-5-4-6-9-18/h4-6,8-9,11-14,19H,3,7,10,15-16H2,1-2H3/t19-/m1/s1. The number of hydrogen-bond acceptors (Lipinski definition) is 5. The van der Waals surface area contributed by atoms with Gasteiger partial charge in [-0.25, -0.2) is 13.2 Å². The van der Waals surface area contributed by atoms with Gasteiger partial charge in [0.1, 0.15) is 0 Å². The van der Waals surface area contributed by atoms with Crippen LogP contribution in [0.1, 0.15) is 30.1 Å². The molecule has 0 amide bonds. The molecule has 150 valence electrons.